The number of carbonyl (C=O) groups is 2. The molecule has 8 nitrogen and oxygen atoms in total. The van der Waals surface area contributed by atoms with Crippen LogP contribution in [0.4, 0.5) is 29.3 Å². The van der Waals surface area contributed by atoms with Crippen molar-refractivity contribution < 1.29 is 22.8 Å². The molecule has 1 aromatic carbocycles. The maximum Gasteiger partial charge on any atom is 0.417 e. The average molecular weight is 432 g/mol. The van der Waals surface area contributed by atoms with Crippen molar-refractivity contribution in [3.05, 3.63) is 65.6 Å². The van der Waals surface area contributed by atoms with Crippen LogP contribution in [0.25, 0.3) is 5.82 Å². The maximum atomic E-state index is 12.8. The Labute approximate surface area is 175 Å². The van der Waals surface area contributed by atoms with Crippen LogP contribution in [-0.4, -0.2) is 26.7 Å². The summed E-state index contributed by atoms with van der Waals surface area (Å²) in [6.07, 6.45) is -2.43. The lowest BCUT2D eigenvalue weighted by Gasteiger charge is -2.13. The summed E-state index contributed by atoms with van der Waals surface area (Å²) in [5, 5.41) is 9.29. The van der Waals surface area contributed by atoms with Gasteiger partial charge in [-0.25, -0.2) is 14.5 Å². The molecular formula is C20H19F3N6O2. The molecule has 0 spiro atoms. The van der Waals surface area contributed by atoms with E-state index in [2.05, 4.69) is 20.7 Å². The minimum Gasteiger partial charge on any atom is -0.351 e. The Bertz CT molecular complexity index is 1090. The number of hydrogen-bond acceptors (Lipinski definition) is 4. The van der Waals surface area contributed by atoms with Crippen molar-refractivity contribution in [2.24, 2.45) is 5.73 Å². The van der Waals surface area contributed by atoms with Gasteiger partial charge in [0.2, 0.25) is 0 Å². The van der Waals surface area contributed by atoms with E-state index in [0.717, 1.165) is 12.3 Å². The van der Waals surface area contributed by atoms with Gasteiger partial charge in [-0.15, -0.1) is 0 Å². The van der Waals surface area contributed by atoms with Gasteiger partial charge in [-0.1, -0.05) is 13.8 Å². The van der Waals surface area contributed by atoms with Crippen molar-refractivity contribution in [1.82, 2.24) is 14.8 Å². The molecule has 2 heterocycles. The summed E-state index contributed by atoms with van der Waals surface area (Å²) in [6.45, 7) is 3.66. The fourth-order valence-electron chi connectivity index (χ4n) is 2.93. The predicted octanol–water partition coefficient (Wildman–Crippen LogP) is 4.15. The van der Waals surface area contributed by atoms with Crippen molar-refractivity contribution in [3.63, 3.8) is 0 Å². The number of nitrogens with two attached hydrogens (primary N) is 1. The van der Waals surface area contributed by atoms with Gasteiger partial charge in [-0.05, 0) is 42.3 Å². The van der Waals surface area contributed by atoms with Gasteiger partial charge >= 0.3 is 12.2 Å². The molecule has 3 amide bonds. The molecule has 0 saturated carbocycles. The highest BCUT2D eigenvalue weighted by Gasteiger charge is 2.31. The number of hydrogen-bond donors (Lipinski definition) is 3. The van der Waals surface area contributed by atoms with Crippen LogP contribution in [0, 0.1) is 0 Å². The lowest BCUT2D eigenvalue weighted by atomic mass is 10.1. The summed E-state index contributed by atoms with van der Waals surface area (Å²) < 4.78 is 39.7. The highest BCUT2D eigenvalue weighted by molar-refractivity contribution is 6.05. The topological polar surface area (TPSA) is 115 Å². The minimum absolute atomic E-state index is 0.164. The Morgan fingerprint density at radius 2 is 1.61 bits per heavy atom. The van der Waals surface area contributed by atoms with Crippen LogP contribution in [0.15, 0.2) is 48.8 Å². The molecule has 3 rings (SSSR count). The molecule has 2 aromatic heterocycles. The van der Waals surface area contributed by atoms with Crippen LogP contribution in [0.1, 0.15) is 41.4 Å². The van der Waals surface area contributed by atoms with Gasteiger partial charge in [0.15, 0.2) is 5.82 Å². The highest BCUT2D eigenvalue weighted by atomic mass is 19.4. The third kappa shape index (κ3) is 5.00. The lowest BCUT2D eigenvalue weighted by molar-refractivity contribution is -0.137. The van der Waals surface area contributed by atoms with Crippen molar-refractivity contribution in [2.75, 3.05) is 10.6 Å². The SMILES string of the molecule is CC(C)c1c(C(=O)Nc2ccc(NC(N)=O)cc2)cnn1-c1ccc(C(F)(F)F)cn1. The van der Waals surface area contributed by atoms with E-state index in [1.165, 1.54) is 16.9 Å². The smallest absolute Gasteiger partial charge is 0.351 e. The fraction of sp³-hybridized carbons (Fsp3) is 0.200. The Morgan fingerprint density at radius 3 is 2.10 bits per heavy atom. The lowest BCUT2D eigenvalue weighted by Crippen LogP contribution is -2.19. The van der Waals surface area contributed by atoms with Gasteiger partial charge in [0, 0.05) is 17.6 Å². The molecule has 0 atom stereocenters. The van der Waals surface area contributed by atoms with Crippen molar-refractivity contribution in [1.29, 1.82) is 0 Å². The zero-order chi connectivity index (χ0) is 22.8. The summed E-state index contributed by atoms with van der Waals surface area (Å²) in [6, 6.07) is 7.71. The molecule has 31 heavy (non-hydrogen) atoms. The van der Waals surface area contributed by atoms with E-state index >= 15 is 0 Å². The first kappa shape index (κ1) is 21.8. The minimum atomic E-state index is -4.50. The molecule has 0 unspecified atom stereocenters. The van der Waals surface area contributed by atoms with Crippen molar-refractivity contribution in [3.8, 4) is 5.82 Å². The van der Waals surface area contributed by atoms with Gasteiger partial charge in [-0.2, -0.15) is 18.3 Å². The molecule has 0 aliphatic rings. The third-order valence-electron chi connectivity index (χ3n) is 4.30. The molecule has 3 aromatic rings. The van der Waals surface area contributed by atoms with E-state index in [9.17, 15) is 22.8 Å². The first-order valence-electron chi connectivity index (χ1n) is 9.15. The van der Waals surface area contributed by atoms with E-state index in [1.807, 2.05) is 13.8 Å². The molecule has 0 radical (unpaired) electrons. The number of anilines is 2. The molecule has 0 aliphatic heterocycles. The van der Waals surface area contributed by atoms with Gasteiger partial charge in [-0.3, -0.25) is 4.79 Å². The Hall–Kier alpha value is -3.89. The normalized spacial score (nSPS) is 11.4. The number of rotatable bonds is 5. The predicted molar refractivity (Wildman–Crippen MR) is 108 cm³/mol. The zero-order valence-electron chi connectivity index (χ0n) is 16.6. The summed E-state index contributed by atoms with van der Waals surface area (Å²) >= 11 is 0. The first-order chi connectivity index (χ1) is 14.6. The summed E-state index contributed by atoms with van der Waals surface area (Å²) in [4.78, 5) is 27.5. The van der Waals surface area contributed by atoms with Gasteiger partial charge in [0.05, 0.1) is 23.0 Å². The van der Waals surface area contributed by atoms with E-state index in [0.29, 0.717) is 17.1 Å². The second-order valence-electron chi connectivity index (χ2n) is 6.93. The number of nitrogens with zero attached hydrogens (tertiary/aromatic N) is 3. The Morgan fingerprint density at radius 1 is 1.00 bits per heavy atom. The molecular weight excluding hydrogens is 413 g/mol. The number of amides is 3. The second-order valence-corrected chi connectivity index (χ2v) is 6.93. The Kier molecular flexibility index (Phi) is 5.95. The number of urea groups is 1. The first-order valence-corrected chi connectivity index (χ1v) is 9.15. The molecule has 0 bridgehead atoms. The third-order valence-corrected chi connectivity index (χ3v) is 4.30. The number of benzene rings is 1. The van der Waals surface area contributed by atoms with Gasteiger partial charge in [0.1, 0.15) is 0 Å². The number of nitrogens with one attached hydrogen (secondary N) is 2. The molecule has 0 aliphatic carbocycles. The largest absolute Gasteiger partial charge is 0.417 e. The average Bonchev–Trinajstić information content (AvgIpc) is 3.14. The summed E-state index contributed by atoms with van der Waals surface area (Å²) in [7, 11) is 0. The number of alkyl halides is 3. The molecule has 4 N–H and O–H groups in total. The van der Waals surface area contributed by atoms with E-state index < -0.39 is 23.7 Å². The van der Waals surface area contributed by atoms with Crippen LogP contribution in [0.2, 0.25) is 0 Å². The fourth-order valence-corrected chi connectivity index (χ4v) is 2.93. The van der Waals surface area contributed by atoms with Gasteiger partial charge < -0.3 is 16.4 Å². The quantitative estimate of drug-likeness (QED) is 0.562. The monoisotopic (exact) mass is 432 g/mol. The van der Waals surface area contributed by atoms with Crippen LogP contribution in [-0.2, 0) is 6.18 Å². The number of primary amides is 1. The van der Waals surface area contributed by atoms with Crippen LogP contribution in [0.5, 0.6) is 0 Å². The summed E-state index contributed by atoms with van der Waals surface area (Å²) in [5.74, 6) is -0.454. The maximum absolute atomic E-state index is 12.8. The van der Waals surface area contributed by atoms with Crippen molar-refractivity contribution >= 4 is 23.3 Å². The molecule has 0 saturated heterocycles. The molecule has 11 heteroatoms. The van der Waals surface area contributed by atoms with Crippen LogP contribution in [0.3, 0.4) is 0 Å². The van der Waals surface area contributed by atoms with E-state index in [4.69, 9.17) is 5.73 Å². The van der Waals surface area contributed by atoms with Crippen molar-refractivity contribution in [2.45, 2.75) is 25.9 Å². The highest BCUT2D eigenvalue weighted by Crippen LogP contribution is 2.29. The van der Waals surface area contributed by atoms with Crippen LogP contribution >= 0.6 is 0 Å². The summed E-state index contributed by atoms with van der Waals surface area (Å²) in [5.41, 5.74) is 5.87. The van der Waals surface area contributed by atoms with E-state index in [1.54, 1.807) is 24.3 Å². The zero-order valence-corrected chi connectivity index (χ0v) is 16.6. The second kappa shape index (κ2) is 8.46. The number of aromatic nitrogens is 3. The van der Waals surface area contributed by atoms with E-state index in [-0.39, 0.29) is 17.3 Å². The standard InChI is InChI=1S/C20H19F3N6O2/c1-11(2)17-15(18(30)27-13-4-6-14(7-5-13)28-19(24)31)10-26-29(17)16-8-3-12(9-25-16)20(21,22)23/h3-11H,1-2H3,(H,27,30)(H3,24,28,31). The number of halogens is 3. The molecule has 162 valence electrons. The number of pyridine rings is 1. The Balaban J connectivity index is 1.86. The molecule has 0 fully saturated rings. The number of carbonyl (C=O) groups excluding carboxylic acids is 2. The van der Waals surface area contributed by atoms with Gasteiger partial charge in [0.25, 0.3) is 5.91 Å². The van der Waals surface area contributed by atoms with Crippen LogP contribution < -0.4 is 16.4 Å².